The van der Waals surface area contributed by atoms with E-state index in [4.69, 9.17) is 0 Å². The average Bonchev–Trinajstić information content (AvgIpc) is 2.52. The standard InChI is InChI=1S/C18H20N2/c1-2-3-12-17(15-9-5-4-6-10-15)20-18-13-8-7-11-16(18)14-19/h4-11,13,17,20H,2-3,12H2,1H3. The number of benzene rings is 2. The third-order valence-electron chi connectivity index (χ3n) is 3.43. The number of nitrogens with zero attached hydrogens (tertiary/aromatic N) is 1. The maximum Gasteiger partial charge on any atom is 0.101 e. The second-order valence-electron chi connectivity index (χ2n) is 4.91. The minimum absolute atomic E-state index is 0.255. The van der Waals surface area contributed by atoms with Crippen molar-refractivity contribution in [1.29, 1.82) is 5.26 Å². The molecular weight excluding hydrogens is 244 g/mol. The van der Waals surface area contributed by atoms with Crippen molar-refractivity contribution in [2.45, 2.75) is 32.2 Å². The zero-order valence-corrected chi connectivity index (χ0v) is 11.8. The van der Waals surface area contributed by atoms with Crippen LogP contribution in [0.5, 0.6) is 0 Å². The Kier molecular flexibility index (Phi) is 5.20. The normalized spacial score (nSPS) is 11.6. The number of nitrogens with one attached hydrogen (secondary N) is 1. The summed E-state index contributed by atoms with van der Waals surface area (Å²) in [6, 6.07) is 20.6. The van der Waals surface area contributed by atoms with Crippen molar-refractivity contribution in [2.75, 3.05) is 5.32 Å². The summed E-state index contributed by atoms with van der Waals surface area (Å²) in [5, 5.41) is 12.7. The fourth-order valence-electron chi connectivity index (χ4n) is 2.31. The molecule has 0 fully saturated rings. The molecule has 102 valence electrons. The van der Waals surface area contributed by atoms with E-state index < -0.39 is 0 Å². The van der Waals surface area contributed by atoms with Gasteiger partial charge in [-0.15, -0.1) is 0 Å². The van der Waals surface area contributed by atoms with Crippen LogP contribution in [0, 0.1) is 11.3 Å². The van der Waals surface area contributed by atoms with Gasteiger partial charge in [0.05, 0.1) is 17.3 Å². The third-order valence-corrected chi connectivity index (χ3v) is 3.43. The highest BCUT2D eigenvalue weighted by Gasteiger charge is 2.12. The van der Waals surface area contributed by atoms with Gasteiger partial charge < -0.3 is 5.32 Å². The van der Waals surface area contributed by atoms with Crippen molar-refractivity contribution < 1.29 is 0 Å². The van der Waals surface area contributed by atoms with Crippen LogP contribution in [0.1, 0.15) is 43.4 Å². The van der Waals surface area contributed by atoms with Gasteiger partial charge in [-0.1, -0.05) is 62.2 Å². The fourth-order valence-corrected chi connectivity index (χ4v) is 2.31. The molecule has 0 saturated carbocycles. The van der Waals surface area contributed by atoms with Gasteiger partial charge >= 0.3 is 0 Å². The lowest BCUT2D eigenvalue weighted by molar-refractivity contribution is 0.634. The summed E-state index contributed by atoms with van der Waals surface area (Å²) in [4.78, 5) is 0. The van der Waals surface area contributed by atoms with Crippen molar-refractivity contribution >= 4 is 5.69 Å². The van der Waals surface area contributed by atoms with Crippen LogP contribution in [-0.2, 0) is 0 Å². The molecule has 0 heterocycles. The Bertz CT molecular complexity index is 569. The largest absolute Gasteiger partial charge is 0.377 e. The molecule has 1 N–H and O–H groups in total. The Labute approximate surface area is 121 Å². The Hall–Kier alpha value is -2.27. The van der Waals surface area contributed by atoms with Crippen molar-refractivity contribution in [3.8, 4) is 6.07 Å². The van der Waals surface area contributed by atoms with Crippen LogP contribution in [0.3, 0.4) is 0 Å². The Morgan fingerprint density at radius 2 is 1.75 bits per heavy atom. The Morgan fingerprint density at radius 3 is 2.45 bits per heavy atom. The first-order valence-electron chi connectivity index (χ1n) is 7.15. The van der Waals surface area contributed by atoms with E-state index in [0.717, 1.165) is 12.1 Å². The molecule has 0 bridgehead atoms. The highest BCUT2D eigenvalue weighted by molar-refractivity contribution is 5.58. The predicted molar refractivity (Wildman–Crippen MR) is 83.5 cm³/mol. The SMILES string of the molecule is CCCCC(Nc1ccccc1C#N)c1ccccc1. The molecule has 0 aliphatic heterocycles. The topological polar surface area (TPSA) is 35.8 Å². The van der Waals surface area contributed by atoms with Crippen molar-refractivity contribution in [1.82, 2.24) is 0 Å². The molecule has 1 unspecified atom stereocenters. The molecule has 20 heavy (non-hydrogen) atoms. The first-order chi connectivity index (χ1) is 9.85. The third kappa shape index (κ3) is 3.61. The molecule has 0 saturated heterocycles. The second-order valence-corrected chi connectivity index (χ2v) is 4.91. The zero-order valence-electron chi connectivity index (χ0n) is 11.8. The lowest BCUT2D eigenvalue weighted by Gasteiger charge is -2.21. The lowest BCUT2D eigenvalue weighted by Crippen LogP contribution is -2.11. The van der Waals surface area contributed by atoms with E-state index in [1.165, 1.54) is 18.4 Å². The fraction of sp³-hybridized carbons (Fsp3) is 0.278. The molecule has 2 heteroatoms. The van der Waals surface area contributed by atoms with Crippen LogP contribution >= 0.6 is 0 Å². The summed E-state index contributed by atoms with van der Waals surface area (Å²) in [6.07, 6.45) is 3.41. The maximum atomic E-state index is 9.19. The number of para-hydroxylation sites is 1. The Morgan fingerprint density at radius 1 is 1.05 bits per heavy atom. The molecule has 2 nitrogen and oxygen atoms in total. The van der Waals surface area contributed by atoms with Crippen LogP contribution < -0.4 is 5.32 Å². The molecule has 2 aromatic rings. The second kappa shape index (κ2) is 7.35. The van der Waals surface area contributed by atoms with Gasteiger partial charge in [-0.05, 0) is 24.1 Å². The molecule has 1 atom stereocenters. The molecule has 2 rings (SSSR count). The Balaban J connectivity index is 2.22. The van der Waals surface area contributed by atoms with Crippen molar-refractivity contribution in [3.05, 3.63) is 65.7 Å². The first-order valence-corrected chi connectivity index (χ1v) is 7.15. The van der Waals surface area contributed by atoms with Crippen molar-refractivity contribution in [3.63, 3.8) is 0 Å². The van der Waals surface area contributed by atoms with Crippen LogP contribution in [0.4, 0.5) is 5.69 Å². The summed E-state index contributed by atoms with van der Waals surface area (Å²) in [5.74, 6) is 0. The van der Waals surface area contributed by atoms with Gasteiger partial charge in [-0.25, -0.2) is 0 Å². The molecule has 2 aromatic carbocycles. The van der Waals surface area contributed by atoms with Gasteiger partial charge in [0.2, 0.25) is 0 Å². The number of rotatable bonds is 6. The van der Waals surface area contributed by atoms with Crippen LogP contribution in [-0.4, -0.2) is 0 Å². The molecule has 0 aromatic heterocycles. The number of anilines is 1. The number of hydrogen-bond donors (Lipinski definition) is 1. The zero-order chi connectivity index (χ0) is 14.2. The first kappa shape index (κ1) is 14.1. The van der Waals surface area contributed by atoms with E-state index in [1.807, 2.05) is 30.3 Å². The van der Waals surface area contributed by atoms with E-state index >= 15 is 0 Å². The molecule has 0 aliphatic rings. The van der Waals surface area contributed by atoms with Gasteiger partial charge in [0.25, 0.3) is 0 Å². The van der Waals surface area contributed by atoms with Crippen LogP contribution in [0.2, 0.25) is 0 Å². The van der Waals surface area contributed by atoms with Gasteiger partial charge in [-0.2, -0.15) is 5.26 Å². The number of nitriles is 1. The highest BCUT2D eigenvalue weighted by atomic mass is 14.9. The van der Waals surface area contributed by atoms with Gasteiger partial charge in [0, 0.05) is 0 Å². The van der Waals surface area contributed by atoms with Crippen LogP contribution in [0.15, 0.2) is 54.6 Å². The van der Waals surface area contributed by atoms with E-state index in [9.17, 15) is 5.26 Å². The molecular formula is C18H20N2. The lowest BCUT2D eigenvalue weighted by atomic mass is 10.0. The molecule has 0 radical (unpaired) electrons. The monoisotopic (exact) mass is 264 g/mol. The molecule has 0 spiro atoms. The van der Waals surface area contributed by atoms with Crippen LogP contribution in [0.25, 0.3) is 0 Å². The number of unbranched alkanes of at least 4 members (excludes halogenated alkanes) is 1. The summed E-state index contributed by atoms with van der Waals surface area (Å²) < 4.78 is 0. The molecule has 0 aliphatic carbocycles. The smallest absolute Gasteiger partial charge is 0.101 e. The van der Waals surface area contributed by atoms with Gasteiger partial charge in [0.15, 0.2) is 0 Å². The minimum atomic E-state index is 0.255. The average molecular weight is 264 g/mol. The highest BCUT2D eigenvalue weighted by Crippen LogP contribution is 2.26. The minimum Gasteiger partial charge on any atom is -0.377 e. The summed E-state index contributed by atoms with van der Waals surface area (Å²) >= 11 is 0. The summed E-state index contributed by atoms with van der Waals surface area (Å²) in [6.45, 7) is 2.20. The summed E-state index contributed by atoms with van der Waals surface area (Å²) in [5.41, 5.74) is 2.89. The van der Waals surface area contributed by atoms with Gasteiger partial charge in [0.1, 0.15) is 6.07 Å². The van der Waals surface area contributed by atoms with E-state index in [1.54, 1.807) is 0 Å². The van der Waals surface area contributed by atoms with Crippen molar-refractivity contribution in [2.24, 2.45) is 0 Å². The summed E-state index contributed by atoms with van der Waals surface area (Å²) in [7, 11) is 0. The maximum absolute atomic E-state index is 9.19. The molecule has 0 amide bonds. The predicted octanol–water partition coefficient (Wildman–Crippen LogP) is 4.90. The van der Waals surface area contributed by atoms with E-state index in [2.05, 4.69) is 42.6 Å². The quantitative estimate of drug-likeness (QED) is 0.805. The van der Waals surface area contributed by atoms with E-state index in [-0.39, 0.29) is 6.04 Å². The van der Waals surface area contributed by atoms with Gasteiger partial charge in [-0.3, -0.25) is 0 Å². The number of hydrogen-bond acceptors (Lipinski definition) is 2. The van der Waals surface area contributed by atoms with E-state index in [0.29, 0.717) is 5.56 Å².